The largest absolute Gasteiger partial charge is 0.497 e. The van der Waals surface area contributed by atoms with Crippen LogP contribution in [0.1, 0.15) is 25.3 Å². The normalized spacial score (nSPS) is 23.3. The first-order valence-corrected chi connectivity index (χ1v) is 7.11. The fourth-order valence-corrected chi connectivity index (χ4v) is 2.91. The minimum Gasteiger partial charge on any atom is -0.497 e. The Morgan fingerprint density at radius 1 is 1.26 bits per heavy atom. The lowest BCUT2D eigenvalue weighted by Gasteiger charge is -2.30. The number of rotatable bonds is 4. The van der Waals surface area contributed by atoms with Gasteiger partial charge in [0.2, 0.25) is 0 Å². The van der Waals surface area contributed by atoms with Crippen molar-refractivity contribution in [2.24, 2.45) is 11.8 Å². The van der Waals surface area contributed by atoms with Crippen LogP contribution in [0.25, 0.3) is 5.57 Å². The van der Waals surface area contributed by atoms with Crippen LogP contribution < -0.4 is 4.74 Å². The molecule has 19 heavy (non-hydrogen) atoms. The first-order valence-electron chi connectivity index (χ1n) is 7.11. The maximum atomic E-state index is 5.35. The van der Waals surface area contributed by atoms with E-state index in [0.717, 1.165) is 12.3 Å². The topological polar surface area (TPSA) is 12.5 Å². The Balaban J connectivity index is 2.30. The summed E-state index contributed by atoms with van der Waals surface area (Å²) in [4.78, 5) is 2.29. The Bertz CT molecular complexity index is 450. The lowest BCUT2D eigenvalue weighted by Crippen LogP contribution is -2.25. The summed E-state index contributed by atoms with van der Waals surface area (Å²) in [6.07, 6.45) is 5.03. The van der Waals surface area contributed by atoms with Crippen LogP contribution >= 0.6 is 0 Å². The first-order chi connectivity index (χ1) is 9.10. The summed E-state index contributed by atoms with van der Waals surface area (Å²) in [6, 6.07) is 8.46. The highest BCUT2D eigenvalue weighted by Crippen LogP contribution is 2.36. The zero-order valence-corrected chi connectivity index (χ0v) is 12.5. The molecule has 0 spiro atoms. The summed E-state index contributed by atoms with van der Waals surface area (Å²) < 4.78 is 5.35. The van der Waals surface area contributed by atoms with Crippen molar-refractivity contribution in [1.29, 1.82) is 0 Å². The average Bonchev–Trinajstić information content (AvgIpc) is 2.40. The van der Waals surface area contributed by atoms with Crippen molar-refractivity contribution in [3.05, 3.63) is 35.9 Å². The van der Waals surface area contributed by atoms with Gasteiger partial charge >= 0.3 is 0 Å². The van der Waals surface area contributed by atoms with E-state index in [1.807, 2.05) is 6.07 Å². The zero-order chi connectivity index (χ0) is 13.8. The van der Waals surface area contributed by atoms with Crippen LogP contribution in [-0.4, -0.2) is 32.6 Å². The van der Waals surface area contributed by atoms with E-state index in [1.54, 1.807) is 7.11 Å². The molecule has 1 aliphatic rings. The van der Waals surface area contributed by atoms with E-state index >= 15 is 0 Å². The Kier molecular flexibility index (Phi) is 4.65. The number of ether oxygens (including phenoxy) is 1. The smallest absolute Gasteiger partial charge is 0.119 e. The minimum absolute atomic E-state index is 0.637. The first kappa shape index (κ1) is 14.1. The molecule has 1 aliphatic carbocycles. The minimum atomic E-state index is 0.637. The average molecular weight is 259 g/mol. The third kappa shape index (κ3) is 3.60. The predicted molar refractivity (Wildman–Crippen MR) is 81.4 cm³/mol. The molecule has 0 aliphatic heterocycles. The van der Waals surface area contributed by atoms with Crippen LogP contribution in [-0.2, 0) is 0 Å². The van der Waals surface area contributed by atoms with Gasteiger partial charge in [0, 0.05) is 6.54 Å². The molecular weight excluding hydrogens is 234 g/mol. The van der Waals surface area contributed by atoms with Crippen LogP contribution in [0.3, 0.4) is 0 Å². The highest BCUT2D eigenvalue weighted by molar-refractivity contribution is 5.69. The molecule has 0 saturated carbocycles. The molecule has 0 heterocycles. The molecule has 2 rings (SSSR count). The number of methoxy groups -OCH3 is 1. The molecule has 2 heteroatoms. The molecule has 0 aromatic heterocycles. The van der Waals surface area contributed by atoms with Gasteiger partial charge in [-0.25, -0.2) is 0 Å². The second-order valence-electron chi connectivity index (χ2n) is 5.87. The Morgan fingerprint density at radius 3 is 2.74 bits per heavy atom. The molecule has 0 radical (unpaired) electrons. The molecular formula is C17H25NO. The number of nitrogens with zero attached hydrogens (tertiary/aromatic N) is 1. The number of allylic oxidation sites excluding steroid dienone is 1. The lowest BCUT2D eigenvalue weighted by molar-refractivity contribution is 0.336. The van der Waals surface area contributed by atoms with E-state index in [0.29, 0.717) is 11.8 Å². The molecule has 0 saturated heterocycles. The van der Waals surface area contributed by atoms with Crippen LogP contribution in [0.4, 0.5) is 0 Å². The monoisotopic (exact) mass is 259 g/mol. The molecule has 0 N–H and O–H groups in total. The Morgan fingerprint density at radius 2 is 2.05 bits per heavy atom. The van der Waals surface area contributed by atoms with Gasteiger partial charge in [0.25, 0.3) is 0 Å². The second kappa shape index (κ2) is 6.25. The van der Waals surface area contributed by atoms with Gasteiger partial charge in [0.05, 0.1) is 7.11 Å². The van der Waals surface area contributed by atoms with Crippen molar-refractivity contribution in [1.82, 2.24) is 4.90 Å². The van der Waals surface area contributed by atoms with Crippen LogP contribution in [0.2, 0.25) is 0 Å². The molecule has 1 aromatic carbocycles. The van der Waals surface area contributed by atoms with Crippen molar-refractivity contribution in [2.45, 2.75) is 19.8 Å². The summed E-state index contributed by atoms with van der Waals surface area (Å²) >= 11 is 0. The fraction of sp³-hybridized carbons (Fsp3) is 0.529. The van der Waals surface area contributed by atoms with Gasteiger partial charge in [0.15, 0.2) is 0 Å². The van der Waals surface area contributed by atoms with E-state index in [-0.39, 0.29) is 0 Å². The van der Waals surface area contributed by atoms with Gasteiger partial charge in [-0.1, -0.05) is 25.1 Å². The zero-order valence-electron chi connectivity index (χ0n) is 12.5. The molecule has 0 bridgehead atoms. The number of benzene rings is 1. The predicted octanol–water partition coefficient (Wildman–Crippen LogP) is 3.69. The van der Waals surface area contributed by atoms with Crippen molar-refractivity contribution in [2.75, 3.05) is 27.7 Å². The van der Waals surface area contributed by atoms with Gasteiger partial charge in [-0.05, 0) is 62.0 Å². The van der Waals surface area contributed by atoms with Gasteiger partial charge in [-0.3, -0.25) is 0 Å². The summed E-state index contributed by atoms with van der Waals surface area (Å²) in [6.45, 7) is 3.43. The summed E-state index contributed by atoms with van der Waals surface area (Å²) in [5.41, 5.74) is 2.81. The Hall–Kier alpha value is -1.28. The highest BCUT2D eigenvalue weighted by Gasteiger charge is 2.22. The van der Waals surface area contributed by atoms with E-state index in [2.05, 4.69) is 50.2 Å². The molecule has 2 unspecified atom stereocenters. The van der Waals surface area contributed by atoms with Crippen LogP contribution in [0.5, 0.6) is 5.75 Å². The molecule has 1 aromatic rings. The van der Waals surface area contributed by atoms with E-state index < -0.39 is 0 Å². The third-order valence-electron chi connectivity index (χ3n) is 3.86. The quantitative estimate of drug-likeness (QED) is 0.817. The molecule has 2 atom stereocenters. The molecule has 2 nitrogen and oxygen atoms in total. The van der Waals surface area contributed by atoms with Crippen molar-refractivity contribution < 1.29 is 4.74 Å². The van der Waals surface area contributed by atoms with Crippen molar-refractivity contribution in [3.8, 4) is 5.75 Å². The van der Waals surface area contributed by atoms with Crippen LogP contribution in [0.15, 0.2) is 30.3 Å². The number of hydrogen-bond acceptors (Lipinski definition) is 2. The van der Waals surface area contributed by atoms with Crippen molar-refractivity contribution >= 4 is 5.57 Å². The highest BCUT2D eigenvalue weighted by atomic mass is 16.5. The van der Waals surface area contributed by atoms with E-state index in [9.17, 15) is 0 Å². The summed E-state index contributed by atoms with van der Waals surface area (Å²) in [5.74, 6) is 2.26. The van der Waals surface area contributed by atoms with Gasteiger partial charge < -0.3 is 9.64 Å². The van der Waals surface area contributed by atoms with E-state index in [4.69, 9.17) is 4.74 Å². The number of hydrogen-bond donors (Lipinski definition) is 0. The Labute approximate surface area is 117 Å². The fourth-order valence-electron chi connectivity index (χ4n) is 2.91. The standard InChI is InChI=1S/C17H25NO/c1-13-8-9-15(12-18(2)3)17(10-13)14-6-5-7-16(11-14)19-4/h5-7,10-11,13,15H,8-9,12H2,1-4H3. The maximum Gasteiger partial charge on any atom is 0.119 e. The maximum absolute atomic E-state index is 5.35. The van der Waals surface area contributed by atoms with Gasteiger partial charge in [-0.15, -0.1) is 0 Å². The summed E-state index contributed by atoms with van der Waals surface area (Å²) in [5, 5.41) is 0. The van der Waals surface area contributed by atoms with Crippen LogP contribution in [0, 0.1) is 11.8 Å². The second-order valence-corrected chi connectivity index (χ2v) is 5.87. The summed E-state index contributed by atoms with van der Waals surface area (Å²) in [7, 11) is 6.04. The SMILES string of the molecule is COc1cccc(C2=CC(C)CCC2CN(C)C)c1. The third-order valence-corrected chi connectivity index (χ3v) is 3.86. The van der Waals surface area contributed by atoms with Gasteiger partial charge in [0.1, 0.15) is 5.75 Å². The molecule has 104 valence electrons. The van der Waals surface area contributed by atoms with Gasteiger partial charge in [-0.2, -0.15) is 0 Å². The lowest BCUT2D eigenvalue weighted by atomic mass is 9.79. The van der Waals surface area contributed by atoms with Crippen molar-refractivity contribution in [3.63, 3.8) is 0 Å². The molecule has 0 fully saturated rings. The molecule has 0 amide bonds. The van der Waals surface area contributed by atoms with E-state index in [1.165, 1.54) is 24.0 Å².